The number of rotatable bonds is 18. The molecule has 4 saturated carbocycles. The van der Waals surface area contributed by atoms with Gasteiger partial charge in [-0.1, -0.05) is 131 Å². The molecule has 10 atom stereocenters. The summed E-state index contributed by atoms with van der Waals surface area (Å²) < 4.78 is 54.8. The summed E-state index contributed by atoms with van der Waals surface area (Å²) in [4.78, 5) is 56.5. The van der Waals surface area contributed by atoms with Crippen LogP contribution in [0.1, 0.15) is 147 Å². The lowest BCUT2D eigenvalue weighted by Crippen LogP contribution is -2.56. The highest BCUT2D eigenvalue weighted by atomic mass is 35.5. The maximum atomic E-state index is 14.3. The maximum absolute atomic E-state index is 14.3. The largest absolute Gasteiger partial charge is 0.481 e. The van der Waals surface area contributed by atoms with E-state index in [1.807, 2.05) is 74.5 Å². The van der Waals surface area contributed by atoms with E-state index >= 15 is 0 Å². The summed E-state index contributed by atoms with van der Waals surface area (Å²) in [5.74, 6) is -4.40. The molecule has 79 heavy (non-hydrogen) atoms. The van der Waals surface area contributed by atoms with Crippen molar-refractivity contribution < 1.29 is 46.2 Å². The molecule has 4 aromatic rings. The molecule has 4 aromatic carbocycles. The number of halogens is 4. The van der Waals surface area contributed by atoms with Crippen LogP contribution in [0.2, 0.25) is 20.1 Å². The molecule has 2 spiro atoms. The van der Waals surface area contributed by atoms with E-state index in [0.29, 0.717) is 71.5 Å². The summed E-state index contributed by atoms with van der Waals surface area (Å²) in [6.07, 6.45) is 4.93. The topological polar surface area (TPSA) is 190 Å². The van der Waals surface area contributed by atoms with Crippen molar-refractivity contribution in [3.05, 3.63) is 139 Å². The van der Waals surface area contributed by atoms with Crippen molar-refractivity contribution >= 4 is 90.2 Å². The Kier molecular flexibility index (Phi) is 20.0. The lowest BCUT2D eigenvalue weighted by Gasteiger charge is -2.49. The Bertz CT molecular complexity index is 2900. The Balaban J connectivity index is 0.000000246. The second kappa shape index (κ2) is 24.7. The average molecular weight is 1210 g/mol. The Morgan fingerprint density at radius 2 is 0.873 bits per heavy atom. The number of amides is 2. The summed E-state index contributed by atoms with van der Waals surface area (Å²) in [6.45, 7) is 4.15. The minimum absolute atomic E-state index is 0. The van der Waals surface area contributed by atoms with Crippen LogP contribution in [0.4, 0.5) is 0 Å². The molecule has 10 rings (SSSR count). The van der Waals surface area contributed by atoms with E-state index in [4.69, 9.17) is 46.4 Å². The van der Waals surface area contributed by atoms with Gasteiger partial charge in [-0.3, -0.25) is 19.2 Å². The fourth-order valence-electron chi connectivity index (χ4n) is 12.4. The van der Waals surface area contributed by atoms with Crippen LogP contribution in [0.3, 0.4) is 0 Å². The number of benzene rings is 4. The van der Waals surface area contributed by atoms with Crippen molar-refractivity contribution in [2.24, 2.45) is 22.7 Å². The molecular weight excluding hydrogens is 1130 g/mol. The van der Waals surface area contributed by atoms with Gasteiger partial charge in [-0.05, 0) is 135 Å². The molecule has 2 amide bonds. The number of hydrogen-bond donors (Lipinski definition) is 2. The number of carbonyl (C=O) groups is 4. The summed E-state index contributed by atoms with van der Waals surface area (Å²) in [7, 11) is -3.77. The van der Waals surface area contributed by atoms with Gasteiger partial charge in [0.15, 0.2) is 0 Å². The monoisotopic (exact) mass is 1200 g/mol. The first kappa shape index (κ1) is 63.9. The van der Waals surface area contributed by atoms with E-state index in [1.165, 1.54) is 8.61 Å². The number of carboxylic acid groups (broad SMARTS) is 2. The molecule has 432 valence electrons. The van der Waals surface area contributed by atoms with Gasteiger partial charge in [0.05, 0.1) is 45.2 Å². The van der Waals surface area contributed by atoms with E-state index in [-0.39, 0.29) is 82.4 Å². The van der Waals surface area contributed by atoms with Crippen LogP contribution >= 0.6 is 46.4 Å². The van der Waals surface area contributed by atoms with Crippen molar-refractivity contribution in [2.75, 3.05) is 27.2 Å². The number of sulfonamides is 2. The Labute approximate surface area is 487 Å². The van der Waals surface area contributed by atoms with Crippen LogP contribution < -0.4 is 0 Å². The van der Waals surface area contributed by atoms with Crippen LogP contribution in [0.15, 0.2) is 97.1 Å². The van der Waals surface area contributed by atoms with Gasteiger partial charge >= 0.3 is 11.9 Å². The third-order valence-corrected chi connectivity index (χ3v) is 22.6. The molecule has 2 N–H and O–H groups in total. The first-order valence-corrected chi connectivity index (χ1v) is 30.5. The zero-order valence-electron chi connectivity index (χ0n) is 42.8. The molecule has 0 unspecified atom stereocenters. The van der Waals surface area contributed by atoms with Gasteiger partial charge in [0.2, 0.25) is 31.9 Å². The Hall–Kier alpha value is -4.26. The molecule has 14 nitrogen and oxygen atoms in total. The normalized spacial score (nSPS) is 27.0. The zero-order valence-corrected chi connectivity index (χ0v) is 47.4. The molecule has 6 fully saturated rings. The number of likely N-dealkylation sites (tertiary alicyclic amines) is 2. The second-order valence-corrected chi connectivity index (χ2v) is 28.2. The van der Waals surface area contributed by atoms with Crippen molar-refractivity contribution in [2.45, 2.75) is 147 Å². The highest BCUT2D eigenvalue weighted by Gasteiger charge is 2.70. The minimum Gasteiger partial charge on any atom is -0.481 e. The highest BCUT2D eigenvalue weighted by molar-refractivity contribution is 7.90. The van der Waals surface area contributed by atoms with Crippen LogP contribution in [-0.2, 0) is 39.2 Å². The zero-order chi connectivity index (χ0) is 54.8. The second-order valence-electron chi connectivity index (χ2n) is 21.8. The third kappa shape index (κ3) is 12.6. The number of carbonyl (C=O) groups excluding carboxylic acids is 2. The van der Waals surface area contributed by atoms with Gasteiger partial charge in [-0.15, -0.1) is 0 Å². The molecule has 20 heteroatoms. The third-order valence-electron chi connectivity index (χ3n) is 17.0. The summed E-state index contributed by atoms with van der Waals surface area (Å²) in [6, 6.07) is 27.9. The van der Waals surface area contributed by atoms with Gasteiger partial charge in [0.25, 0.3) is 0 Å². The molecule has 2 saturated heterocycles. The van der Waals surface area contributed by atoms with Crippen molar-refractivity contribution in [1.29, 1.82) is 0 Å². The number of hydrogen-bond acceptors (Lipinski definition) is 8. The van der Waals surface area contributed by atoms with Gasteiger partial charge in [0.1, 0.15) is 0 Å². The fraction of sp³-hybridized carbons (Fsp3) is 0.525. The fourth-order valence-corrected chi connectivity index (χ4v) is 16.2. The molecule has 0 aromatic heterocycles. The molecular formula is C59H76Cl4N4O10S2. The van der Waals surface area contributed by atoms with Crippen LogP contribution in [0, 0.1) is 22.7 Å². The molecule has 4 aliphatic carbocycles. The highest BCUT2D eigenvalue weighted by Crippen LogP contribution is 2.66. The average Bonchev–Trinajstić information content (AvgIpc) is 4.30. The van der Waals surface area contributed by atoms with Crippen LogP contribution in [0.25, 0.3) is 0 Å². The molecule has 0 bridgehead atoms. The first-order chi connectivity index (χ1) is 36.0. The number of nitrogens with zero attached hydrogens (tertiary/aromatic N) is 4. The summed E-state index contributed by atoms with van der Waals surface area (Å²) >= 11 is 25.2. The predicted molar refractivity (Wildman–Crippen MR) is 314 cm³/mol. The predicted octanol–water partition coefficient (Wildman–Crippen LogP) is 12.6. The number of likely N-dealkylation sites (N-methyl/N-ethyl adjacent to an activating group) is 2. The van der Waals surface area contributed by atoms with E-state index in [0.717, 1.165) is 22.3 Å². The van der Waals surface area contributed by atoms with E-state index in [9.17, 15) is 46.2 Å². The molecule has 2 aliphatic heterocycles. The Morgan fingerprint density at radius 1 is 0.544 bits per heavy atom. The standard InChI is InChI=1S/2C28H32Cl2N2O5S.3CH4/c2*1-3-21(16-31(2)38(36,37)22-11-12-22)32-25(17-7-9-19(29)10-8-17)23(18-5-4-6-20(30)13-18)14-28(27(32)35)15-24(28)26(33)34;;;/h2*4-10,13,21-25H,3,11-12,14-16H2,1-2H3,(H,33,34);3*1H4/t21-,23+,24+,25+,28-;21-,23+,24-,25+,28-;;;/m00.../s1. The smallest absolute Gasteiger partial charge is 0.307 e. The number of aliphatic carboxylic acids is 2. The van der Waals surface area contributed by atoms with Crippen molar-refractivity contribution in [3.8, 4) is 0 Å². The Morgan fingerprint density at radius 3 is 1.14 bits per heavy atom. The molecule has 0 radical (unpaired) electrons. The number of piperidine rings is 2. The lowest BCUT2D eigenvalue weighted by atomic mass is 9.72. The van der Waals surface area contributed by atoms with Crippen LogP contribution in [-0.4, -0.2) is 119 Å². The lowest BCUT2D eigenvalue weighted by molar-refractivity contribution is -0.154. The van der Waals surface area contributed by atoms with Gasteiger partial charge < -0.3 is 20.0 Å². The maximum Gasteiger partial charge on any atom is 0.307 e. The number of carboxylic acids is 2. The van der Waals surface area contributed by atoms with Gasteiger partial charge in [-0.25, -0.2) is 25.4 Å². The molecule has 6 aliphatic rings. The van der Waals surface area contributed by atoms with Crippen molar-refractivity contribution in [1.82, 2.24) is 18.4 Å². The SMILES string of the molecule is C.C.C.CC[C@@H](CN(C)S(=O)(=O)C1CC1)N1C(=O)[C@@]2(C[C@H](c3cccc(Cl)c3)[C@H]1c1ccc(Cl)cc1)C[C@@H]2C(=O)O.CC[C@@H](CN(C)S(=O)(=O)C1CC1)N1C(=O)[C@@]2(C[C@H](c3cccc(Cl)c3)[C@H]1c1ccc(Cl)cc1)C[C@H]2C(=O)O. The van der Waals surface area contributed by atoms with Gasteiger partial charge in [-0.2, -0.15) is 0 Å². The summed E-state index contributed by atoms with van der Waals surface area (Å²) in [5, 5.41) is 21.3. The van der Waals surface area contributed by atoms with Crippen LogP contribution in [0.5, 0.6) is 0 Å². The van der Waals surface area contributed by atoms with Gasteiger partial charge in [0, 0.05) is 71.2 Å². The molecule has 2 heterocycles. The quantitative estimate of drug-likeness (QED) is 0.0969. The summed E-state index contributed by atoms with van der Waals surface area (Å²) in [5.41, 5.74) is 1.51. The van der Waals surface area contributed by atoms with Crippen molar-refractivity contribution in [3.63, 3.8) is 0 Å². The first-order valence-electron chi connectivity index (χ1n) is 26.0. The minimum atomic E-state index is -3.46. The van der Waals surface area contributed by atoms with E-state index < -0.39 is 78.8 Å². The van der Waals surface area contributed by atoms with E-state index in [2.05, 4.69) is 0 Å². The van der Waals surface area contributed by atoms with E-state index in [1.54, 1.807) is 60.3 Å².